The van der Waals surface area contributed by atoms with Gasteiger partial charge in [0.05, 0.1) is 10.7 Å². The van der Waals surface area contributed by atoms with E-state index in [-0.39, 0.29) is 11.8 Å². The number of carbonyl (C=O) groups is 2. The molecule has 1 aromatic carbocycles. The molecule has 0 radical (unpaired) electrons. The Hall–Kier alpha value is -1.26. The smallest absolute Gasteiger partial charge is 0.254 e. The maximum Gasteiger partial charge on any atom is 0.254 e. The number of fused-ring (bicyclic) bond motifs is 1. The Morgan fingerprint density at radius 3 is 2.56 bits per heavy atom. The minimum absolute atomic E-state index is 0.210. The minimum Gasteiger partial charge on any atom is -0.341 e. The first-order chi connectivity index (χ1) is 8.47. The number of likely N-dealkylation sites (N-methyl/N-ethyl adjacent to an activating group) is 1. The molecule has 1 aliphatic heterocycles. The molecule has 0 aliphatic carbocycles. The largest absolute Gasteiger partial charge is 0.341 e. The summed E-state index contributed by atoms with van der Waals surface area (Å²) in [6, 6.07) is 2.53. The Morgan fingerprint density at radius 2 is 2.00 bits per heavy atom. The third-order valence-electron chi connectivity index (χ3n) is 2.85. The summed E-state index contributed by atoms with van der Waals surface area (Å²) in [7, 11) is 0. The van der Waals surface area contributed by atoms with Gasteiger partial charge >= 0.3 is 0 Å². The maximum absolute atomic E-state index is 12.2. The van der Waals surface area contributed by atoms with Crippen molar-refractivity contribution in [3.05, 3.63) is 27.7 Å². The first kappa shape index (κ1) is 13.2. The summed E-state index contributed by atoms with van der Waals surface area (Å²) in [6.07, 6.45) is 0. The van der Waals surface area contributed by atoms with Gasteiger partial charge in [-0.05, 0) is 19.1 Å². The van der Waals surface area contributed by atoms with Crippen LogP contribution in [0.15, 0.2) is 12.1 Å². The number of nitrogens with zero attached hydrogens (tertiary/aromatic N) is 1. The van der Waals surface area contributed by atoms with Gasteiger partial charge in [0, 0.05) is 24.1 Å². The molecule has 0 unspecified atom stereocenters. The Balaban J connectivity index is 2.60. The zero-order valence-electron chi connectivity index (χ0n) is 9.96. The molecule has 0 spiro atoms. The lowest BCUT2D eigenvalue weighted by molar-refractivity contribution is -0.126. The number of hydrogen-bond donors (Lipinski definition) is 1. The molecular formula is C12H12Cl2N2O2. The first-order valence-electron chi connectivity index (χ1n) is 5.53. The van der Waals surface area contributed by atoms with Gasteiger partial charge in [-0.25, -0.2) is 0 Å². The first-order valence-corrected chi connectivity index (χ1v) is 6.29. The summed E-state index contributed by atoms with van der Waals surface area (Å²) in [6.45, 7) is 3.68. The van der Waals surface area contributed by atoms with E-state index in [1.807, 2.05) is 6.92 Å². The van der Waals surface area contributed by atoms with Gasteiger partial charge in [-0.1, -0.05) is 23.2 Å². The van der Waals surface area contributed by atoms with E-state index in [0.717, 1.165) is 0 Å². The lowest BCUT2D eigenvalue weighted by Crippen LogP contribution is -2.36. The zero-order chi connectivity index (χ0) is 13.4. The molecule has 6 heteroatoms. The predicted octanol–water partition coefficient (Wildman–Crippen LogP) is 2.54. The highest BCUT2D eigenvalue weighted by molar-refractivity contribution is 6.38. The topological polar surface area (TPSA) is 49.4 Å². The van der Waals surface area contributed by atoms with Crippen molar-refractivity contribution in [2.45, 2.75) is 19.9 Å². The number of benzene rings is 1. The van der Waals surface area contributed by atoms with E-state index >= 15 is 0 Å². The molecule has 0 bridgehead atoms. The summed E-state index contributed by atoms with van der Waals surface area (Å²) >= 11 is 12.2. The van der Waals surface area contributed by atoms with Crippen molar-refractivity contribution in [3.8, 4) is 0 Å². The Kier molecular flexibility index (Phi) is 3.50. The average Bonchev–Trinajstić information content (AvgIpc) is 2.58. The van der Waals surface area contributed by atoms with Crippen LogP contribution in [0.1, 0.15) is 25.5 Å². The van der Waals surface area contributed by atoms with E-state index in [1.165, 1.54) is 11.8 Å². The van der Waals surface area contributed by atoms with Gasteiger partial charge in [0.2, 0.25) is 5.91 Å². The molecule has 96 valence electrons. The number of halogens is 2. The molecule has 4 nitrogen and oxygen atoms in total. The van der Waals surface area contributed by atoms with E-state index in [1.54, 1.807) is 12.1 Å². The van der Waals surface area contributed by atoms with E-state index in [9.17, 15) is 9.59 Å². The van der Waals surface area contributed by atoms with Crippen LogP contribution in [0.3, 0.4) is 0 Å². The number of amides is 2. The molecular weight excluding hydrogens is 275 g/mol. The standard InChI is InChI=1S/C12H12Cl2N2O2/c1-3-16-11-8(14)5-4-7(13)9(11)10(12(16)18)15-6(2)17/h4-5,10H,3H2,1-2H3,(H,15,17)/t10-/m0/s1. The molecule has 1 aliphatic rings. The summed E-state index contributed by atoms with van der Waals surface area (Å²) in [4.78, 5) is 24.9. The highest BCUT2D eigenvalue weighted by atomic mass is 35.5. The molecule has 18 heavy (non-hydrogen) atoms. The molecule has 0 fully saturated rings. The number of hydrogen-bond acceptors (Lipinski definition) is 2. The van der Waals surface area contributed by atoms with Crippen LogP contribution in [-0.4, -0.2) is 18.4 Å². The second-order valence-corrected chi connectivity index (χ2v) is 4.82. The van der Waals surface area contributed by atoms with Gasteiger partial charge in [-0.3, -0.25) is 9.59 Å². The second-order valence-electron chi connectivity index (χ2n) is 4.01. The highest BCUT2D eigenvalue weighted by Gasteiger charge is 2.40. The van der Waals surface area contributed by atoms with Crippen LogP contribution < -0.4 is 10.2 Å². The maximum atomic E-state index is 12.2. The molecule has 1 aromatic rings. The van der Waals surface area contributed by atoms with Gasteiger partial charge in [-0.15, -0.1) is 0 Å². The molecule has 0 aromatic heterocycles. The number of carbonyl (C=O) groups excluding carboxylic acids is 2. The van der Waals surface area contributed by atoms with Gasteiger partial charge in [0.1, 0.15) is 6.04 Å². The lowest BCUT2D eigenvalue weighted by Gasteiger charge is -2.16. The van der Waals surface area contributed by atoms with Gasteiger partial charge < -0.3 is 10.2 Å². The van der Waals surface area contributed by atoms with E-state index in [4.69, 9.17) is 23.2 Å². The summed E-state index contributed by atoms with van der Waals surface area (Å²) in [5.74, 6) is -0.494. The lowest BCUT2D eigenvalue weighted by atomic mass is 10.1. The molecule has 0 saturated heterocycles. The fraction of sp³-hybridized carbons (Fsp3) is 0.333. The molecule has 1 N–H and O–H groups in total. The van der Waals surface area contributed by atoms with Crippen molar-refractivity contribution in [3.63, 3.8) is 0 Å². The van der Waals surface area contributed by atoms with Crippen molar-refractivity contribution in [1.82, 2.24) is 5.32 Å². The highest BCUT2D eigenvalue weighted by Crippen LogP contribution is 2.44. The van der Waals surface area contributed by atoms with E-state index in [2.05, 4.69) is 5.32 Å². The summed E-state index contributed by atoms with van der Waals surface area (Å²) in [5, 5.41) is 3.49. The van der Waals surface area contributed by atoms with Crippen LogP contribution in [-0.2, 0) is 9.59 Å². The molecule has 2 amide bonds. The zero-order valence-corrected chi connectivity index (χ0v) is 11.5. The third-order valence-corrected chi connectivity index (χ3v) is 3.48. The van der Waals surface area contributed by atoms with E-state index in [0.29, 0.717) is 27.8 Å². The van der Waals surface area contributed by atoms with Crippen LogP contribution in [0.5, 0.6) is 0 Å². The van der Waals surface area contributed by atoms with Crippen molar-refractivity contribution in [2.75, 3.05) is 11.4 Å². The van der Waals surface area contributed by atoms with Crippen LogP contribution in [0.2, 0.25) is 10.0 Å². The SMILES string of the molecule is CCN1C(=O)[C@@H](NC(C)=O)c2c(Cl)ccc(Cl)c21. The normalized spacial score (nSPS) is 17.9. The van der Waals surface area contributed by atoms with E-state index < -0.39 is 6.04 Å². The fourth-order valence-electron chi connectivity index (χ4n) is 2.15. The monoisotopic (exact) mass is 286 g/mol. The number of rotatable bonds is 2. The molecule has 1 atom stereocenters. The van der Waals surface area contributed by atoms with Gasteiger partial charge in [-0.2, -0.15) is 0 Å². The Bertz CT molecular complexity index is 531. The van der Waals surface area contributed by atoms with Crippen LogP contribution in [0, 0.1) is 0 Å². The summed E-state index contributed by atoms with van der Waals surface area (Å²) in [5.41, 5.74) is 1.17. The predicted molar refractivity (Wildman–Crippen MR) is 71.0 cm³/mol. The number of anilines is 1. The van der Waals surface area contributed by atoms with Crippen molar-refractivity contribution >= 4 is 40.7 Å². The quantitative estimate of drug-likeness (QED) is 0.908. The minimum atomic E-state index is -0.747. The second kappa shape index (κ2) is 4.78. The molecule has 2 rings (SSSR count). The number of nitrogens with one attached hydrogen (secondary N) is 1. The Labute approximate surface area is 115 Å². The molecule has 0 saturated carbocycles. The average molecular weight is 287 g/mol. The van der Waals surface area contributed by atoms with Crippen molar-refractivity contribution < 1.29 is 9.59 Å². The third kappa shape index (κ3) is 1.95. The van der Waals surface area contributed by atoms with Crippen LogP contribution >= 0.6 is 23.2 Å². The van der Waals surface area contributed by atoms with Crippen molar-refractivity contribution in [2.24, 2.45) is 0 Å². The summed E-state index contributed by atoms with van der Waals surface area (Å²) < 4.78 is 0. The van der Waals surface area contributed by atoms with Gasteiger partial charge in [0.15, 0.2) is 0 Å². The van der Waals surface area contributed by atoms with Crippen molar-refractivity contribution in [1.29, 1.82) is 0 Å². The van der Waals surface area contributed by atoms with Gasteiger partial charge in [0.25, 0.3) is 5.91 Å². The fourth-order valence-corrected chi connectivity index (χ4v) is 2.67. The van der Waals surface area contributed by atoms with Crippen LogP contribution in [0.25, 0.3) is 0 Å². The Morgan fingerprint density at radius 1 is 1.39 bits per heavy atom. The molecule has 1 heterocycles. The van der Waals surface area contributed by atoms with Crippen LogP contribution in [0.4, 0.5) is 5.69 Å².